The Hall–Kier alpha value is -3.90. The molecule has 0 radical (unpaired) electrons. The quantitative estimate of drug-likeness (QED) is 0.283. The third kappa shape index (κ3) is 5.31. The first-order valence-electron chi connectivity index (χ1n) is 8.31. The molecule has 1 heterocycles. The lowest BCUT2D eigenvalue weighted by molar-refractivity contribution is -0.384. The summed E-state index contributed by atoms with van der Waals surface area (Å²) in [4.78, 5) is 27.6. The lowest BCUT2D eigenvalue weighted by atomic mass is 10.1. The van der Waals surface area contributed by atoms with Crippen molar-refractivity contribution in [3.8, 4) is 6.07 Å². The second kappa shape index (κ2) is 8.86. The number of anilines is 1. The molecule has 144 valence electrons. The highest BCUT2D eigenvalue weighted by molar-refractivity contribution is 7.15. The van der Waals surface area contributed by atoms with Crippen LogP contribution in [0.4, 0.5) is 15.2 Å². The van der Waals surface area contributed by atoms with Gasteiger partial charge in [-0.25, -0.2) is 9.37 Å². The van der Waals surface area contributed by atoms with Gasteiger partial charge in [0.2, 0.25) is 0 Å². The van der Waals surface area contributed by atoms with E-state index < -0.39 is 10.8 Å². The lowest BCUT2D eigenvalue weighted by Crippen LogP contribution is -2.13. The van der Waals surface area contributed by atoms with Gasteiger partial charge in [0.15, 0.2) is 5.13 Å². The van der Waals surface area contributed by atoms with Gasteiger partial charge in [-0.3, -0.25) is 20.2 Å². The monoisotopic (exact) mass is 408 g/mol. The van der Waals surface area contributed by atoms with Crippen molar-refractivity contribution in [2.45, 2.75) is 6.42 Å². The van der Waals surface area contributed by atoms with Gasteiger partial charge in [-0.15, -0.1) is 11.3 Å². The molecule has 0 saturated carbocycles. The number of carbonyl (C=O) groups is 1. The number of carbonyl (C=O) groups excluding carboxylic acids is 1. The van der Waals surface area contributed by atoms with Crippen LogP contribution in [0, 0.1) is 27.3 Å². The van der Waals surface area contributed by atoms with Crippen LogP contribution in [-0.4, -0.2) is 15.8 Å². The zero-order valence-corrected chi connectivity index (χ0v) is 15.6. The maximum atomic E-state index is 13.0. The lowest BCUT2D eigenvalue weighted by Gasteiger charge is -2.01. The number of nitro groups is 1. The first kappa shape index (κ1) is 19.9. The van der Waals surface area contributed by atoms with Gasteiger partial charge in [-0.05, 0) is 29.3 Å². The predicted octanol–water partition coefficient (Wildman–Crippen LogP) is 4.33. The number of rotatable bonds is 6. The van der Waals surface area contributed by atoms with Crippen molar-refractivity contribution in [1.82, 2.24) is 4.98 Å². The molecule has 3 aromatic rings. The second-order valence-corrected chi connectivity index (χ2v) is 7.03. The first-order chi connectivity index (χ1) is 13.9. The minimum Gasteiger partial charge on any atom is -0.297 e. The summed E-state index contributed by atoms with van der Waals surface area (Å²) in [6, 6.07) is 13.5. The molecule has 7 nitrogen and oxygen atoms in total. The number of amides is 1. The van der Waals surface area contributed by atoms with Gasteiger partial charge in [0, 0.05) is 29.6 Å². The van der Waals surface area contributed by atoms with Crippen molar-refractivity contribution in [1.29, 1.82) is 5.26 Å². The summed E-state index contributed by atoms with van der Waals surface area (Å²) in [5.41, 5.74) is 0.917. The Balaban J connectivity index is 1.71. The van der Waals surface area contributed by atoms with E-state index in [2.05, 4.69) is 10.3 Å². The maximum Gasteiger partial charge on any atom is 0.270 e. The Labute approximate surface area is 168 Å². The average Bonchev–Trinajstić information content (AvgIpc) is 3.14. The third-order valence-corrected chi connectivity index (χ3v) is 4.74. The standard InChI is InChI=1S/C20H13FN4O3S/c21-16-6-4-13(5-7-16)10-18-12-23-20(29-18)24-19(26)15(11-22)8-14-2-1-3-17(9-14)25(27)28/h1-9,12H,10H2,(H,23,24,26)/b15-8-. The van der Waals surface area contributed by atoms with Crippen LogP contribution in [0.15, 0.2) is 60.3 Å². The summed E-state index contributed by atoms with van der Waals surface area (Å²) in [5, 5.41) is 23.0. The Morgan fingerprint density at radius 1 is 1.31 bits per heavy atom. The number of aromatic nitrogens is 1. The van der Waals surface area contributed by atoms with Gasteiger partial charge in [-0.1, -0.05) is 24.3 Å². The van der Waals surface area contributed by atoms with Crippen LogP contribution in [0.3, 0.4) is 0 Å². The van der Waals surface area contributed by atoms with Crippen molar-refractivity contribution in [3.63, 3.8) is 0 Å². The highest BCUT2D eigenvalue weighted by Crippen LogP contribution is 2.22. The molecule has 1 N–H and O–H groups in total. The molecule has 0 aliphatic rings. The number of halogens is 1. The molecule has 1 amide bonds. The van der Waals surface area contributed by atoms with Crippen molar-refractivity contribution in [2.75, 3.05) is 5.32 Å². The molecule has 3 rings (SSSR count). The van der Waals surface area contributed by atoms with Gasteiger partial charge in [0.1, 0.15) is 17.5 Å². The summed E-state index contributed by atoms with van der Waals surface area (Å²) >= 11 is 1.24. The number of nitrogens with zero attached hydrogens (tertiary/aromatic N) is 3. The van der Waals surface area contributed by atoms with E-state index in [1.807, 2.05) is 0 Å². The number of nitro benzene ring substituents is 1. The van der Waals surface area contributed by atoms with Gasteiger partial charge in [0.25, 0.3) is 11.6 Å². The molecule has 0 saturated heterocycles. The highest BCUT2D eigenvalue weighted by atomic mass is 32.1. The van der Waals surface area contributed by atoms with Crippen LogP contribution in [0.25, 0.3) is 6.08 Å². The Morgan fingerprint density at radius 3 is 2.76 bits per heavy atom. The van der Waals surface area contributed by atoms with E-state index in [-0.39, 0.29) is 17.1 Å². The number of nitrogens with one attached hydrogen (secondary N) is 1. The number of benzene rings is 2. The van der Waals surface area contributed by atoms with E-state index in [0.717, 1.165) is 10.4 Å². The Bertz CT molecular complexity index is 1130. The van der Waals surface area contributed by atoms with Crippen molar-refractivity contribution < 1.29 is 14.1 Å². The molecule has 0 aliphatic heterocycles. The van der Waals surface area contributed by atoms with Crippen molar-refractivity contribution >= 4 is 34.1 Å². The van der Waals surface area contributed by atoms with E-state index in [1.165, 1.54) is 47.7 Å². The number of non-ortho nitro benzene ring substituents is 1. The third-order valence-electron chi connectivity index (χ3n) is 3.82. The predicted molar refractivity (Wildman–Crippen MR) is 107 cm³/mol. The average molecular weight is 408 g/mol. The zero-order chi connectivity index (χ0) is 20.8. The molecule has 0 spiro atoms. The topological polar surface area (TPSA) is 109 Å². The van der Waals surface area contributed by atoms with E-state index >= 15 is 0 Å². The Morgan fingerprint density at radius 2 is 2.07 bits per heavy atom. The zero-order valence-electron chi connectivity index (χ0n) is 14.8. The van der Waals surface area contributed by atoms with Crippen LogP contribution in [0.2, 0.25) is 0 Å². The Kier molecular flexibility index (Phi) is 6.06. The molecule has 2 aromatic carbocycles. The molecule has 9 heteroatoms. The summed E-state index contributed by atoms with van der Waals surface area (Å²) in [7, 11) is 0. The van der Waals surface area contributed by atoms with Gasteiger partial charge >= 0.3 is 0 Å². The van der Waals surface area contributed by atoms with Crippen molar-refractivity contribution in [3.05, 3.63) is 92.2 Å². The fourth-order valence-corrected chi connectivity index (χ4v) is 3.30. The molecule has 0 aliphatic carbocycles. The molecule has 0 atom stereocenters. The largest absolute Gasteiger partial charge is 0.297 e. The molecule has 0 fully saturated rings. The van der Waals surface area contributed by atoms with E-state index in [0.29, 0.717) is 17.1 Å². The van der Waals surface area contributed by atoms with Crippen LogP contribution in [0.1, 0.15) is 16.0 Å². The fraction of sp³-hybridized carbons (Fsp3) is 0.0500. The molecule has 0 bridgehead atoms. The van der Waals surface area contributed by atoms with Crippen LogP contribution >= 0.6 is 11.3 Å². The van der Waals surface area contributed by atoms with E-state index in [1.54, 1.807) is 30.5 Å². The van der Waals surface area contributed by atoms with Crippen molar-refractivity contribution in [2.24, 2.45) is 0 Å². The van der Waals surface area contributed by atoms with E-state index in [4.69, 9.17) is 0 Å². The van der Waals surface area contributed by atoms with Crippen LogP contribution in [-0.2, 0) is 11.2 Å². The normalized spacial score (nSPS) is 11.0. The van der Waals surface area contributed by atoms with Gasteiger partial charge < -0.3 is 0 Å². The second-order valence-electron chi connectivity index (χ2n) is 5.91. The summed E-state index contributed by atoms with van der Waals surface area (Å²) in [6.45, 7) is 0. The minimum atomic E-state index is -0.665. The number of hydrogen-bond acceptors (Lipinski definition) is 6. The minimum absolute atomic E-state index is 0.137. The van der Waals surface area contributed by atoms with Gasteiger partial charge in [0.05, 0.1) is 4.92 Å². The van der Waals surface area contributed by atoms with Gasteiger partial charge in [-0.2, -0.15) is 5.26 Å². The maximum absolute atomic E-state index is 13.0. The molecule has 0 unspecified atom stereocenters. The number of thiazole rings is 1. The molecular formula is C20H13FN4O3S. The highest BCUT2D eigenvalue weighted by Gasteiger charge is 2.13. The van der Waals surface area contributed by atoms with E-state index in [9.17, 15) is 24.6 Å². The fourth-order valence-electron chi connectivity index (χ4n) is 2.46. The smallest absolute Gasteiger partial charge is 0.270 e. The number of nitriles is 1. The van der Waals surface area contributed by atoms with Crippen LogP contribution in [0.5, 0.6) is 0 Å². The SMILES string of the molecule is N#C/C(=C/c1cccc([N+](=O)[O-])c1)C(=O)Nc1ncc(Cc2ccc(F)cc2)s1. The summed E-state index contributed by atoms with van der Waals surface area (Å²) < 4.78 is 13.0. The molecule has 1 aromatic heterocycles. The first-order valence-corrected chi connectivity index (χ1v) is 9.13. The molecule has 29 heavy (non-hydrogen) atoms. The number of hydrogen-bond donors (Lipinski definition) is 1. The summed E-state index contributed by atoms with van der Waals surface area (Å²) in [6.07, 6.45) is 3.40. The summed E-state index contributed by atoms with van der Waals surface area (Å²) in [5.74, 6) is -0.979. The van der Waals surface area contributed by atoms with Crippen LogP contribution < -0.4 is 5.32 Å². The molecular weight excluding hydrogens is 395 g/mol.